The zero-order valence-electron chi connectivity index (χ0n) is 18.5. The molecule has 3 rings (SSSR count). The van der Waals surface area contributed by atoms with Crippen LogP contribution in [0.15, 0.2) is 59.4 Å². The number of rotatable bonds is 7. The normalized spacial score (nSPS) is 11.9. The van der Waals surface area contributed by atoms with Crippen molar-refractivity contribution in [2.45, 2.75) is 13.0 Å². The topological polar surface area (TPSA) is 80.5 Å². The van der Waals surface area contributed by atoms with Crippen LogP contribution < -0.4 is 20.9 Å². The van der Waals surface area contributed by atoms with Gasteiger partial charge in [0.15, 0.2) is 0 Å². The molecular weight excluding hydrogens is 394 g/mol. The summed E-state index contributed by atoms with van der Waals surface area (Å²) in [7, 11) is 7.31. The number of ether oxygens (including phenoxy) is 1. The van der Waals surface area contributed by atoms with Crippen LogP contribution in [0.2, 0.25) is 0 Å². The van der Waals surface area contributed by atoms with Crippen molar-refractivity contribution >= 4 is 11.7 Å². The monoisotopic (exact) mass is 423 g/mol. The van der Waals surface area contributed by atoms with Crippen LogP contribution in [0.1, 0.15) is 17.3 Å². The van der Waals surface area contributed by atoms with Crippen molar-refractivity contribution in [1.82, 2.24) is 19.6 Å². The number of methoxy groups -OCH3 is 1. The third kappa shape index (κ3) is 4.80. The molecule has 164 valence electrons. The maximum Gasteiger partial charge on any atom is 0.319 e. The maximum atomic E-state index is 13.0. The fourth-order valence-electron chi connectivity index (χ4n) is 3.51. The highest BCUT2D eigenvalue weighted by molar-refractivity contribution is 5.89. The molecule has 0 aliphatic rings. The number of amides is 2. The molecule has 0 spiro atoms. The Kier molecular flexibility index (Phi) is 6.81. The van der Waals surface area contributed by atoms with Gasteiger partial charge in [-0.3, -0.25) is 9.48 Å². The molecule has 0 fully saturated rings. The third-order valence-corrected chi connectivity index (χ3v) is 5.35. The highest BCUT2D eigenvalue weighted by Gasteiger charge is 2.20. The van der Waals surface area contributed by atoms with Crippen LogP contribution in [0.3, 0.4) is 0 Å². The van der Waals surface area contributed by atoms with Gasteiger partial charge in [-0.1, -0.05) is 30.3 Å². The Morgan fingerprint density at radius 2 is 1.84 bits per heavy atom. The number of anilines is 1. The SMILES string of the molecule is COc1cccc(C(CNC(=O)Nc2c(C)n(C)n(-c3ccccc3)c2=O)N(C)C)c1. The van der Waals surface area contributed by atoms with Crippen LogP contribution in [0.5, 0.6) is 5.75 Å². The number of carbonyl (C=O) groups is 1. The molecule has 0 bridgehead atoms. The van der Waals surface area contributed by atoms with Gasteiger partial charge in [0.1, 0.15) is 11.4 Å². The van der Waals surface area contributed by atoms with Crippen molar-refractivity contribution in [2.24, 2.45) is 7.05 Å². The van der Waals surface area contributed by atoms with E-state index in [0.717, 1.165) is 17.0 Å². The minimum Gasteiger partial charge on any atom is -0.497 e. The van der Waals surface area contributed by atoms with E-state index in [-0.39, 0.29) is 17.3 Å². The zero-order chi connectivity index (χ0) is 22.5. The number of hydrogen-bond donors (Lipinski definition) is 2. The number of carbonyl (C=O) groups excluding carboxylic acids is 1. The molecule has 1 aromatic heterocycles. The van der Waals surface area contributed by atoms with Gasteiger partial charge in [-0.05, 0) is 50.8 Å². The molecule has 0 saturated carbocycles. The first kappa shape index (κ1) is 22.2. The van der Waals surface area contributed by atoms with Crippen LogP contribution >= 0.6 is 0 Å². The van der Waals surface area contributed by atoms with Gasteiger partial charge in [-0.2, -0.15) is 0 Å². The van der Waals surface area contributed by atoms with Gasteiger partial charge in [0.2, 0.25) is 0 Å². The molecule has 3 aromatic rings. The molecule has 0 aliphatic heterocycles. The number of para-hydroxylation sites is 1. The molecular formula is C23H29N5O3. The highest BCUT2D eigenvalue weighted by atomic mass is 16.5. The summed E-state index contributed by atoms with van der Waals surface area (Å²) in [6, 6.07) is 16.6. The first-order valence-electron chi connectivity index (χ1n) is 10.0. The van der Waals surface area contributed by atoms with E-state index in [1.165, 1.54) is 4.68 Å². The lowest BCUT2D eigenvalue weighted by atomic mass is 10.1. The number of benzene rings is 2. The molecule has 2 aromatic carbocycles. The summed E-state index contributed by atoms with van der Waals surface area (Å²) in [5.74, 6) is 0.759. The van der Waals surface area contributed by atoms with E-state index >= 15 is 0 Å². The molecule has 2 N–H and O–H groups in total. The molecule has 2 amide bonds. The van der Waals surface area contributed by atoms with Crippen molar-refractivity contribution in [1.29, 1.82) is 0 Å². The summed E-state index contributed by atoms with van der Waals surface area (Å²) in [5, 5.41) is 5.61. The largest absolute Gasteiger partial charge is 0.497 e. The summed E-state index contributed by atoms with van der Waals surface area (Å²) in [6.45, 7) is 2.17. The van der Waals surface area contributed by atoms with Crippen LogP contribution in [-0.2, 0) is 7.05 Å². The average Bonchev–Trinajstić information content (AvgIpc) is 2.97. The number of aromatic nitrogens is 2. The second-order valence-electron chi connectivity index (χ2n) is 7.53. The van der Waals surface area contributed by atoms with E-state index < -0.39 is 6.03 Å². The number of nitrogens with zero attached hydrogens (tertiary/aromatic N) is 3. The second kappa shape index (κ2) is 9.53. The summed E-state index contributed by atoms with van der Waals surface area (Å²) in [4.78, 5) is 27.6. The Balaban J connectivity index is 1.75. The van der Waals surface area contributed by atoms with Gasteiger partial charge in [-0.25, -0.2) is 9.48 Å². The van der Waals surface area contributed by atoms with E-state index in [2.05, 4.69) is 10.6 Å². The lowest BCUT2D eigenvalue weighted by Gasteiger charge is -2.25. The Labute approximate surface area is 182 Å². The van der Waals surface area contributed by atoms with Gasteiger partial charge in [0.25, 0.3) is 5.56 Å². The van der Waals surface area contributed by atoms with Gasteiger partial charge < -0.3 is 20.3 Å². The third-order valence-electron chi connectivity index (χ3n) is 5.35. The summed E-state index contributed by atoms with van der Waals surface area (Å²) in [6.07, 6.45) is 0. The molecule has 8 heteroatoms. The van der Waals surface area contributed by atoms with E-state index in [9.17, 15) is 9.59 Å². The van der Waals surface area contributed by atoms with Crippen LogP contribution in [0.4, 0.5) is 10.5 Å². The molecule has 8 nitrogen and oxygen atoms in total. The standard InChI is InChI=1S/C23H29N5O3/c1-16-21(22(29)28(27(16)4)18-11-7-6-8-12-18)25-23(30)24-15-20(26(2)3)17-10-9-13-19(14-17)31-5/h6-14,20H,15H2,1-5H3,(H2,24,25,30). The number of urea groups is 1. The van der Waals surface area contributed by atoms with Crippen LogP contribution in [-0.4, -0.2) is 48.0 Å². The minimum atomic E-state index is -0.430. The van der Waals surface area contributed by atoms with Crippen molar-refractivity contribution in [3.05, 3.63) is 76.2 Å². The molecule has 1 unspecified atom stereocenters. The Bertz CT molecular complexity index is 1100. The van der Waals surface area contributed by atoms with Crippen molar-refractivity contribution in [3.63, 3.8) is 0 Å². The first-order chi connectivity index (χ1) is 14.8. The summed E-state index contributed by atoms with van der Waals surface area (Å²) in [5.41, 5.74) is 2.40. The lowest BCUT2D eigenvalue weighted by molar-refractivity contribution is 0.243. The molecule has 31 heavy (non-hydrogen) atoms. The fourth-order valence-corrected chi connectivity index (χ4v) is 3.51. The maximum absolute atomic E-state index is 13.0. The van der Waals surface area contributed by atoms with E-state index in [1.807, 2.05) is 73.6 Å². The Hall–Kier alpha value is -3.52. The average molecular weight is 424 g/mol. The molecule has 1 heterocycles. The number of nitrogens with one attached hydrogen (secondary N) is 2. The zero-order valence-corrected chi connectivity index (χ0v) is 18.5. The van der Waals surface area contributed by atoms with E-state index in [0.29, 0.717) is 12.2 Å². The predicted molar refractivity (Wildman–Crippen MR) is 122 cm³/mol. The van der Waals surface area contributed by atoms with Crippen LogP contribution in [0.25, 0.3) is 5.69 Å². The van der Waals surface area contributed by atoms with Crippen molar-refractivity contribution in [3.8, 4) is 11.4 Å². The van der Waals surface area contributed by atoms with Crippen molar-refractivity contribution < 1.29 is 9.53 Å². The number of likely N-dealkylation sites (N-methyl/N-ethyl adjacent to an activating group) is 1. The minimum absolute atomic E-state index is 0.0568. The van der Waals surface area contributed by atoms with Gasteiger partial charge in [0, 0.05) is 13.6 Å². The van der Waals surface area contributed by atoms with Gasteiger partial charge in [-0.15, -0.1) is 0 Å². The second-order valence-corrected chi connectivity index (χ2v) is 7.53. The molecule has 0 saturated heterocycles. The fraction of sp³-hybridized carbons (Fsp3) is 0.304. The quantitative estimate of drug-likeness (QED) is 0.612. The Morgan fingerprint density at radius 1 is 1.13 bits per heavy atom. The lowest BCUT2D eigenvalue weighted by Crippen LogP contribution is -2.37. The van der Waals surface area contributed by atoms with Crippen LogP contribution in [0, 0.1) is 6.92 Å². The molecule has 1 atom stereocenters. The number of hydrogen-bond acceptors (Lipinski definition) is 4. The first-order valence-corrected chi connectivity index (χ1v) is 10.0. The predicted octanol–water partition coefficient (Wildman–Crippen LogP) is 2.92. The van der Waals surface area contributed by atoms with E-state index in [1.54, 1.807) is 25.8 Å². The van der Waals surface area contributed by atoms with Gasteiger partial charge in [0.05, 0.1) is 24.5 Å². The summed E-state index contributed by atoms with van der Waals surface area (Å²) < 4.78 is 8.57. The smallest absolute Gasteiger partial charge is 0.319 e. The highest BCUT2D eigenvalue weighted by Crippen LogP contribution is 2.22. The summed E-state index contributed by atoms with van der Waals surface area (Å²) >= 11 is 0. The van der Waals surface area contributed by atoms with E-state index in [4.69, 9.17) is 4.74 Å². The molecule has 0 radical (unpaired) electrons. The Morgan fingerprint density at radius 3 is 2.48 bits per heavy atom. The molecule has 0 aliphatic carbocycles. The van der Waals surface area contributed by atoms with Gasteiger partial charge >= 0.3 is 6.03 Å². The van der Waals surface area contributed by atoms with Crippen molar-refractivity contribution in [2.75, 3.05) is 33.1 Å².